The number of nitrogens with one attached hydrogen (secondary N) is 1. The van der Waals surface area contributed by atoms with Gasteiger partial charge in [0.15, 0.2) is 0 Å². The van der Waals surface area contributed by atoms with Crippen molar-refractivity contribution in [2.24, 2.45) is 0 Å². The Balaban J connectivity index is 2.46. The number of rotatable bonds is 5. The van der Waals surface area contributed by atoms with Gasteiger partial charge < -0.3 is 24.4 Å². The molecule has 140 valence electrons. The molecule has 1 N–H and O–H groups in total. The van der Waals surface area contributed by atoms with Crippen molar-refractivity contribution in [3.8, 4) is 0 Å². The highest BCUT2D eigenvalue weighted by Gasteiger charge is 2.32. The number of esters is 2. The van der Waals surface area contributed by atoms with Crippen LogP contribution in [0.4, 0.5) is 11.4 Å². The van der Waals surface area contributed by atoms with Crippen molar-refractivity contribution >= 4 is 29.2 Å². The minimum Gasteiger partial charge on any atom is -0.466 e. The largest absolute Gasteiger partial charge is 0.466 e. The Morgan fingerprint density at radius 1 is 1.19 bits per heavy atom. The summed E-state index contributed by atoms with van der Waals surface area (Å²) in [6.07, 6.45) is 0.373. The van der Waals surface area contributed by atoms with E-state index in [-0.39, 0.29) is 30.5 Å². The van der Waals surface area contributed by atoms with Crippen molar-refractivity contribution in [3.63, 3.8) is 0 Å². The zero-order valence-electron chi connectivity index (χ0n) is 15.3. The van der Waals surface area contributed by atoms with Crippen LogP contribution in [0.1, 0.15) is 18.9 Å². The zero-order chi connectivity index (χ0) is 19.3. The second-order valence-corrected chi connectivity index (χ2v) is 5.62. The first-order chi connectivity index (χ1) is 12.4. The third-order valence-electron chi connectivity index (χ3n) is 3.93. The first-order valence-electron chi connectivity index (χ1n) is 8.08. The van der Waals surface area contributed by atoms with Crippen molar-refractivity contribution in [1.29, 1.82) is 0 Å². The third-order valence-corrected chi connectivity index (χ3v) is 3.93. The number of methoxy groups -OCH3 is 2. The fraction of sp³-hybridized carbons (Fsp3) is 0.389. The van der Waals surface area contributed by atoms with Gasteiger partial charge in [0.1, 0.15) is 12.4 Å². The molecule has 0 radical (unpaired) electrons. The molecule has 0 aliphatic carbocycles. The number of hydrogen-bond acceptors (Lipinski definition) is 7. The molecule has 1 aliphatic rings. The van der Waals surface area contributed by atoms with Crippen LogP contribution in [0.3, 0.4) is 0 Å². The number of carbonyl (C=O) groups is 3. The summed E-state index contributed by atoms with van der Waals surface area (Å²) in [6, 6.07) is 5.24. The van der Waals surface area contributed by atoms with E-state index in [2.05, 4.69) is 5.32 Å². The van der Waals surface area contributed by atoms with Crippen molar-refractivity contribution in [2.45, 2.75) is 20.3 Å². The molecular formula is C18H22N2O6. The van der Waals surface area contributed by atoms with Crippen molar-refractivity contribution in [1.82, 2.24) is 0 Å². The molecule has 26 heavy (non-hydrogen) atoms. The summed E-state index contributed by atoms with van der Waals surface area (Å²) in [5.41, 5.74) is 2.26. The molecule has 1 aliphatic heterocycles. The molecule has 1 heterocycles. The summed E-state index contributed by atoms with van der Waals surface area (Å²) in [5, 5.41) is 2.78. The van der Waals surface area contributed by atoms with Crippen LogP contribution in [0.5, 0.6) is 0 Å². The van der Waals surface area contributed by atoms with Gasteiger partial charge in [-0.15, -0.1) is 0 Å². The average Bonchev–Trinajstić information content (AvgIpc) is 2.66. The van der Waals surface area contributed by atoms with Crippen molar-refractivity contribution in [3.05, 3.63) is 35.0 Å². The molecule has 0 bridgehead atoms. The number of amides is 1. The summed E-state index contributed by atoms with van der Waals surface area (Å²) in [4.78, 5) is 37.4. The maximum Gasteiger partial charge on any atom is 0.355 e. The highest BCUT2D eigenvalue weighted by atomic mass is 16.5. The quantitative estimate of drug-likeness (QED) is 0.797. The lowest BCUT2D eigenvalue weighted by Crippen LogP contribution is -2.39. The number of aryl methyl sites for hydroxylation is 1. The van der Waals surface area contributed by atoms with E-state index < -0.39 is 11.9 Å². The van der Waals surface area contributed by atoms with Crippen LogP contribution < -0.4 is 10.2 Å². The molecule has 1 amide bonds. The van der Waals surface area contributed by atoms with Gasteiger partial charge in [-0.3, -0.25) is 4.79 Å². The van der Waals surface area contributed by atoms with E-state index in [4.69, 9.17) is 14.2 Å². The van der Waals surface area contributed by atoms with Gasteiger partial charge in [-0.1, -0.05) is 6.92 Å². The van der Waals surface area contributed by atoms with E-state index in [1.807, 2.05) is 6.92 Å². The summed E-state index contributed by atoms with van der Waals surface area (Å²) >= 11 is 0. The topological polar surface area (TPSA) is 94.2 Å². The number of hydrogen-bond donors (Lipinski definition) is 1. The minimum atomic E-state index is -0.656. The molecule has 1 aromatic rings. The van der Waals surface area contributed by atoms with Crippen LogP contribution in [-0.2, 0) is 28.6 Å². The SMILES string of the molecule is CCC(=O)Nc1ccc(N2COCC(C(=O)OC)=C2C(=O)OC)c(C)c1. The molecule has 0 saturated heterocycles. The van der Waals surface area contributed by atoms with E-state index >= 15 is 0 Å². The summed E-state index contributed by atoms with van der Waals surface area (Å²) in [5.74, 6) is -1.40. The van der Waals surface area contributed by atoms with Gasteiger partial charge in [-0.25, -0.2) is 9.59 Å². The molecule has 0 aromatic heterocycles. The molecular weight excluding hydrogens is 340 g/mol. The number of carbonyl (C=O) groups excluding carboxylic acids is 3. The zero-order valence-corrected chi connectivity index (χ0v) is 15.3. The second kappa shape index (κ2) is 8.48. The van der Waals surface area contributed by atoms with E-state index in [1.54, 1.807) is 30.0 Å². The maximum atomic E-state index is 12.3. The van der Waals surface area contributed by atoms with Crippen molar-refractivity contribution in [2.75, 3.05) is 37.8 Å². The van der Waals surface area contributed by atoms with Crippen LogP contribution in [-0.4, -0.2) is 45.4 Å². The smallest absolute Gasteiger partial charge is 0.355 e. The van der Waals surface area contributed by atoms with E-state index in [0.29, 0.717) is 17.8 Å². The Bertz CT molecular complexity index is 756. The van der Waals surface area contributed by atoms with E-state index in [9.17, 15) is 14.4 Å². The van der Waals surface area contributed by atoms with Gasteiger partial charge in [-0.2, -0.15) is 0 Å². The molecule has 8 nitrogen and oxygen atoms in total. The third kappa shape index (κ3) is 4.02. The predicted octanol–water partition coefficient (Wildman–Crippen LogP) is 1.74. The van der Waals surface area contributed by atoms with Gasteiger partial charge in [0.25, 0.3) is 0 Å². The lowest BCUT2D eigenvalue weighted by Gasteiger charge is -2.32. The second-order valence-electron chi connectivity index (χ2n) is 5.62. The molecule has 0 saturated carbocycles. The lowest BCUT2D eigenvalue weighted by atomic mass is 10.1. The highest BCUT2D eigenvalue weighted by molar-refractivity contribution is 6.03. The summed E-state index contributed by atoms with van der Waals surface area (Å²) < 4.78 is 15.0. The van der Waals surface area contributed by atoms with Gasteiger partial charge >= 0.3 is 11.9 Å². The van der Waals surface area contributed by atoms with Gasteiger partial charge in [0.2, 0.25) is 5.91 Å². The minimum absolute atomic E-state index is 0.0443. The van der Waals surface area contributed by atoms with Gasteiger partial charge in [-0.05, 0) is 30.7 Å². The standard InChI is InChI=1S/C18H22N2O6/c1-5-15(21)19-12-6-7-14(11(2)8-12)20-10-26-9-13(17(22)24-3)16(20)18(23)25-4/h6-8H,5,9-10H2,1-4H3,(H,19,21). The first-order valence-corrected chi connectivity index (χ1v) is 8.08. The van der Waals surface area contributed by atoms with E-state index in [1.165, 1.54) is 14.2 Å². The van der Waals surface area contributed by atoms with Gasteiger partial charge in [0, 0.05) is 17.8 Å². The fourth-order valence-corrected chi connectivity index (χ4v) is 2.62. The molecule has 0 fully saturated rings. The Kier molecular flexibility index (Phi) is 6.35. The number of nitrogens with zero attached hydrogens (tertiary/aromatic N) is 1. The van der Waals surface area contributed by atoms with Crippen LogP contribution in [0, 0.1) is 6.92 Å². The molecule has 2 rings (SSSR count). The monoisotopic (exact) mass is 362 g/mol. The summed E-state index contributed by atoms with van der Waals surface area (Å²) in [6.45, 7) is 3.63. The highest BCUT2D eigenvalue weighted by Crippen LogP contribution is 2.30. The van der Waals surface area contributed by atoms with Crippen LogP contribution in [0.2, 0.25) is 0 Å². The van der Waals surface area contributed by atoms with Crippen LogP contribution in [0.15, 0.2) is 29.5 Å². The Morgan fingerprint density at radius 3 is 2.46 bits per heavy atom. The number of benzene rings is 1. The molecule has 0 spiro atoms. The van der Waals surface area contributed by atoms with Crippen LogP contribution in [0.25, 0.3) is 0 Å². The lowest BCUT2D eigenvalue weighted by molar-refractivity contribution is -0.140. The molecule has 0 atom stereocenters. The number of ether oxygens (including phenoxy) is 3. The van der Waals surface area contributed by atoms with E-state index in [0.717, 1.165) is 5.56 Å². The van der Waals surface area contributed by atoms with Gasteiger partial charge in [0.05, 0.1) is 26.4 Å². The fourth-order valence-electron chi connectivity index (χ4n) is 2.62. The maximum absolute atomic E-state index is 12.3. The molecule has 8 heteroatoms. The Morgan fingerprint density at radius 2 is 1.88 bits per heavy atom. The van der Waals surface area contributed by atoms with Crippen LogP contribution >= 0.6 is 0 Å². The normalized spacial score (nSPS) is 14.1. The Hall–Kier alpha value is -2.87. The first kappa shape index (κ1) is 19.5. The summed E-state index contributed by atoms with van der Waals surface area (Å²) in [7, 11) is 2.48. The number of anilines is 2. The van der Waals surface area contributed by atoms with Crippen molar-refractivity contribution < 1.29 is 28.6 Å². The Labute approximate surface area is 151 Å². The molecule has 0 unspecified atom stereocenters. The predicted molar refractivity (Wildman–Crippen MR) is 94.5 cm³/mol. The average molecular weight is 362 g/mol. The molecule has 1 aromatic carbocycles.